The molecule has 0 aliphatic heterocycles. The van der Waals surface area contributed by atoms with Gasteiger partial charge in [0.25, 0.3) is 0 Å². The fourth-order valence-electron chi connectivity index (χ4n) is 1.54. The van der Waals surface area contributed by atoms with E-state index in [-0.39, 0.29) is 0 Å². The Hall–Kier alpha value is -1.01. The Morgan fingerprint density at radius 1 is 1.08 bits per heavy atom. The SMILES string of the molecule is Cc1cc2ccccc2c(Cl)c1C. The Labute approximate surface area is 83.1 Å². The van der Waals surface area contributed by atoms with Crippen LogP contribution in [-0.4, -0.2) is 0 Å². The lowest BCUT2D eigenvalue weighted by atomic mass is 10.0. The summed E-state index contributed by atoms with van der Waals surface area (Å²) in [6, 6.07) is 10.4. The summed E-state index contributed by atoms with van der Waals surface area (Å²) in [5.41, 5.74) is 2.43. The number of hydrogen-bond donors (Lipinski definition) is 0. The van der Waals surface area contributed by atoms with Crippen LogP contribution in [0.1, 0.15) is 11.1 Å². The van der Waals surface area contributed by atoms with Crippen LogP contribution in [0.2, 0.25) is 5.02 Å². The normalized spacial score (nSPS) is 10.7. The van der Waals surface area contributed by atoms with Gasteiger partial charge < -0.3 is 0 Å². The van der Waals surface area contributed by atoms with Crippen LogP contribution in [-0.2, 0) is 0 Å². The zero-order valence-corrected chi connectivity index (χ0v) is 8.52. The predicted molar refractivity (Wildman–Crippen MR) is 58.4 cm³/mol. The van der Waals surface area contributed by atoms with Gasteiger partial charge in [-0.05, 0) is 30.4 Å². The number of aryl methyl sites for hydroxylation is 1. The first-order valence-corrected chi connectivity index (χ1v) is 4.72. The second kappa shape index (κ2) is 3.04. The average Bonchev–Trinajstić information content (AvgIpc) is 2.15. The largest absolute Gasteiger partial charge is 0.0834 e. The Kier molecular flexibility index (Phi) is 2.01. The monoisotopic (exact) mass is 190 g/mol. The molecule has 1 heteroatoms. The molecule has 0 unspecified atom stereocenters. The zero-order valence-electron chi connectivity index (χ0n) is 7.76. The molecule has 0 aliphatic rings. The Morgan fingerprint density at radius 2 is 1.77 bits per heavy atom. The number of hydrogen-bond acceptors (Lipinski definition) is 0. The highest BCUT2D eigenvalue weighted by atomic mass is 35.5. The molecule has 0 spiro atoms. The van der Waals surface area contributed by atoms with Crippen molar-refractivity contribution in [2.75, 3.05) is 0 Å². The minimum Gasteiger partial charge on any atom is -0.0834 e. The first-order valence-electron chi connectivity index (χ1n) is 4.34. The van der Waals surface area contributed by atoms with Crippen molar-refractivity contribution in [2.45, 2.75) is 13.8 Å². The van der Waals surface area contributed by atoms with Crippen molar-refractivity contribution >= 4 is 22.4 Å². The topological polar surface area (TPSA) is 0 Å². The molecular weight excluding hydrogens is 180 g/mol. The lowest BCUT2D eigenvalue weighted by Gasteiger charge is -2.06. The molecule has 2 rings (SSSR count). The predicted octanol–water partition coefficient (Wildman–Crippen LogP) is 4.11. The van der Waals surface area contributed by atoms with Crippen molar-refractivity contribution in [3.8, 4) is 0 Å². The third-order valence-corrected chi connectivity index (χ3v) is 2.98. The van der Waals surface area contributed by atoms with Crippen LogP contribution in [0.5, 0.6) is 0 Å². The molecule has 0 aliphatic carbocycles. The third kappa shape index (κ3) is 1.31. The Bertz CT molecular complexity index is 458. The minimum atomic E-state index is 0.885. The molecule has 13 heavy (non-hydrogen) atoms. The first kappa shape index (κ1) is 8.58. The van der Waals surface area contributed by atoms with Crippen molar-refractivity contribution in [3.63, 3.8) is 0 Å². The van der Waals surface area contributed by atoms with E-state index in [1.807, 2.05) is 12.1 Å². The average molecular weight is 191 g/mol. The van der Waals surface area contributed by atoms with Crippen molar-refractivity contribution in [3.05, 3.63) is 46.5 Å². The van der Waals surface area contributed by atoms with E-state index in [1.165, 1.54) is 16.5 Å². The minimum absolute atomic E-state index is 0.885. The molecule has 0 fully saturated rings. The van der Waals surface area contributed by atoms with E-state index in [0.717, 1.165) is 10.4 Å². The van der Waals surface area contributed by atoms with Crippen molar-refractivity contribution < 1.29 is 0 Å². The molecule has 0 saturated heterocycles. The van der Waals surface area contributed by atoms with E-state index < -0.39 is 0 Å². The Morgan fingerprint density at radius 3 is 2.54 bits per heavy atom. The van der Waals surface area contributed by atoms with Gasteiger partial charge in [-0.3, -0.25) is 0 Å². The van der Waals surface area contributed by atoms with Gasteiger partial charge in [-0.1, -0.05) is 41.9 Å². The first-order chi connectivity index (χ1) is 6.20. The summed E-state index contributed by atoms with van der Waals surface area (Å²) in [7, 11) is 0. The fourth-order valence-corrected chi connectivity index (χ4v) is 1.86. The Balaban J connectivity index is 2.94. The van der Waals surface area contributed by atoms with Crippen LogP contribution < -0.4 is 0 Å². The molecule has 0 nitrogen and oxygen atoms in total. The molecule has 0 aromatic heterocycles. The summed E-state index contributed by atoms with van der Waals surface area (Å²) < 4.78 is 0. The summed E-state index contributed by atoms with van der Waals surface area (Å²) in [4.78, 5) is 0. The van der Waals surface area contributed by atoms with Crippen molar-refractivity contribution in [2.24, 2.45) is 0 Å². The molecule has 0 radical (unpaired) electrons. The molecule has 0 heterocycles. The summed E-state index contributed by atoms with van der Waals surface area (Å²) in [6.45, 7) is 4.15. The summed E-state index contributed by atoms with van der Waals surface area (Å²) in [5.74, 6) is 0. The van der Waals surface area contributed by atoms with E-state index in [1.54, 1.807) is 0 Å². The van der Waals surface area contributed by atoms with Crippen LogP contribution >= 0.6 is 11.6 Å². The molecule has 2 aromatic carbocycles. The smallest absolute Gasteiger partial charge is 0.0516 e. The van der Waals surface area contributed by atoms with Crippen LogP contribution in [0.15, 0.2) is 30.3 Å². The fraction of sp³-hybridized carbons (Fsp3) is 0.167. The number of fused-ring (bicyclic) bond motifs is 1. The van der Waals surface area contributed by atoms with Gasteiger partial charge in [-0.25, -0.2) is 0 Å². The maximum atomic E-state index is 6.23. The van der Waals surface area contributed by atoms with Crippen LogP contribution in [0.3, 0.4) is 0 Å². The van der Waals surface area contributed by atoms with E-state index >= 15 is 0 Å². The second-order valence-corrected chi connectivity index (χ2v) is 3.73. The van der Waals surface area contributed by atoms with Crippen LogP contribution in [0.25, 0.3) is 10.8 Å². The van der Waals surface area contributed by atoms with Gasteiger partial charge in [0, 0.05) is 5.39 Å². The third-order valence-electron chi connectivity index (χ3n) is 2.49. The molecular formula is C12H11Cl. The quantitative estimate of drug-likeness (QED) is 0.587. The van der Waals surface area contributed by atoms with E-state index in [9.17, 15) is 0 Å². The lowest BCUT2D eigenvalue weighted by molar-refractivity contribution is 1.36. The maximum absolute atomic E-state index is 6.23. The van der Waals surface area contributed by atoms with Crippen molar-refractivity contribution in [1.82, 2.24) is 0 Å². The van der Waals surface area contributed by atoms with Gasteiger partial charge in [0.1, 0.15) is 0 Å². The molecule has 0 N–H and O–H groups in total. The standard InChI is InChI=1S/C12H11Cl/c1-8-7-10-5-3-4-6-11(10)12(13)9(8)2/h3-7H,1-2H3. The number of halogens is 1. The molecule has 0 saturated carbocycles. The highest BCUT2D eigenvalue weighted by Crippen LogP contribution is 2.28. The van der Waals surface area contributed by atoms with Crippen LogP contribution in [0, 0.1) is 13.8 Å². The van der Waals surface area contributed by atoms with Gasteiger partial charge in [-0.2, -0.15) is 0 Å². The zero-order chi connectivity index (χ0) is 9.42. The van der Waals surface area contributed by atoms with Gasteiger partial charge in [0.2, 0.25) is 0 Å². The van der Waals surface area contributed by atoms with Gasteiger partial charge in [-0.15, -0.1) is 0 Å². The summed E-state index contributed by atoms with van der Waals surface area (Å²) in [6.07, 6.45) is 0. The van der Waals surface area contributed by atoms with Gasteiger partial charge in [0.15, 0.2) is 0 Å². The van der Waals surface area contributed by atoms with Crippen molar-refractivity contribution in [1.29, 1.82) is 0 Å². The summed E-state index contributed by atoms with van der Waals surface area (Å²) >= 11 is 6.23. The highest BCUT2D eigenvalue weighted by Gasteiger charge is 2.03. The second-order valence-electron chi connectivity index (χ2n) is 3.35. The van der Waals surface area contributed by atoms with Gasteiger partial charge >= 0.3 is 0 Å². The molecule has 0 amide bonds. The highest BCUT2D eigenvalue weighted by molar-refractivity contribution is 6.36. The summed E-state index contributed by atoms with van der Waals surface area (Å²) in [5, 5.41) is 3.25. The maximum Gasteiger partial charge on any atom is 0.0516 e. The van der Waals surface area contributed by atoms with Gasteiger partial charge in [0.05, 0.1) is 5.02 Å². The molecule has 2 aromatic rings. The molecule has 0 bridgehead atoms. The number of rotatable bonds is 0. The van der Waals surface area contributed by atoms with E-state index in [4.69, 9.17) is 11.6 Å². The van der Waals surface area contributed by atoms with Crippen LogP contribution in [0.4, 0.5) is 0 Å². The number of benzene rings is 2. The van der Waals surface area contributed by atoms with E-state index in [2.05, 4.69) is 32.0 Å². The van der Waals surface area contributed by atoms with E-state index in [0.29, 0.717) is 0 Å². The molecule has 0 atom stereocenters. The lowest BCUT2D eigenvalue weighted by Crippen LogP contribution is -1.84. The molecule has 66 valence electrons.